The van der Waals surface area contributed by atoms with Gasteiger partial charge in [0.2, 0.25) is 0 Å². The average molecular weight is 331 g/mol. The van der Waals surface area contributed by atoms with E-state index < -0.39 is 0 Å². The zero-order valence-corrected chi connectivity index (χ0v) is 11.3. The van der Waals surface area contributed by atoms with Crippen LogP contribution in [0.25, 0.3) is 10.9 Å². The largest absolute Gasteiger partial charge is 0.357 e. The Morgan fingerprint density at radius 3 is 2.67 bits per heavy atom. The van der Waals surface area contributed by atoms with Crippen LogP contribution >= 0.6 is 31.9 Å². The lowest BCUT2D eigenvalue weighted by Crippen LogP contribution is -2.04. The van der Waals surface area contributed by atoms with E-state index >= 15 is 0 Å². The molecule has 1 aromatic carbocycles. The van der Waals surface area contributed by atoms with Crippen LogP contribution in [0.15, 0.2) is 31.9 Å². The van der Waals surface area contributed by atoms with Gasteiger partial charge in [-0.15, -0.1) is 0 Å². The van der Waals surface area contributed by atoms with Crippen LogP contribution in [0.2, 0.25) is 0 Å². The second-order valence-electron chi connectivity index (χ2n) is 3.32. The molecule has 2 rings (SSSR count). The molecule has 0 atom stereocenters. The van der Waals surface area contributed by atoms with Gasteiger partial charge in [0, 0.05) is 26.1 Å². The summed E-state index contributed by atoms with van der Waals surface area (Å²) in [4.78, 5) is 15.0. The Labute approximate surface area is 104 Å². The lowest BCUT2D eigenvalue weighted by atomic mass is 10.2. The van der Waals surface area contributed by atoms with Crippen molar-refractivity contribution in [2.75, 3.05) is 0 Å². The first-order valence-electron chi connectivity index (χ1n) is 4.62. The minimum Gasteiger partial charge on any atom is -0.357 e. The zero-order valence-electron chi connectivity index (χ0n) is 8.10. The predicted molar refractivity (Wildman–Crippen MR) is 69.3 cm³/mol. The SMILES string of the molecule is CCc1cc(=O)c2cc(Br)cc(Br)c2[nH]1. The molecule has 1 heterocycles. The van der Waals surface area contributed by atoms with E-state index in [9.17, 15) is 4.79 Å². The Morgan fingerprint density at radius 2 is 2.00 bits per heavy atom. The van der Waals surface area contributed by atoms with Crippen molar-refractivity contribution in [2.24, 2.45) is 0 Å². The summed E-state index contributed by atoms with van der Waals surface area (Å²) in [6.07, 6.45) is 0.827. The number of hydrogen-bond donors (Lipinski definition) is 1. The molecule has 0 aliphatic rings. The maximum Gasteiger partial charge on any atom is 0.189 e. The van der Waals surface area contributed by atoms with Crippen molar-refractivity contribution in [2.45, 2.75) is 13.3 Å². The van der Waals surface area contributed by atoms with Gasteiger partial charge in [0.25, 0.3) is 0 Å². The van der Waals surface area contributed by atoms with Gasteiger partial charge >= 0.3 is 0 Å². The Balaban J connectivity index is 2.91. The Hall–Kier alpha value is -0.610. The molecule has 2 nitrogen and oxygen atoms in total. The maximum absolute atomic E-state index is 11.8. The standard InChI is InChI=1S/C11H9Br2NO/c1-2-7-5-10(15)8-3-6(12)4-9(13)11(8)14-7/h3-5H,2H2,1H3,(H,14,15). The Kier molecular flexibility index (Phi) is 2.98. The van der Waals surface area contributed by atoms with E-state index in [0.717, 1.165) is 26.6 Å². The summed E-state index contributed by atoms with van der Waals surface area (Å²) in [6, 6.07) is 5.41. The fraction of sp³-hybridized carbons (Fsp3) is 0.182. The van der Waals surface area contributed by atoms with Gasteiger partial charge in [0.05, 0.1) is 5.52 Å². The fourth-order valence-corrected chi connectivity index (χ4v) is 2.84. The average Bonchev–Trinajstić information content (AvgIpc) is 2.19. The Morgan fingerprint density at radius 1 is 1.27 bits per heavy atom. The third-order valence-corrected chi connectivity index (χ3v) is 3.38. The lowest BCUT2D eigenvalue weighted by Gasteiger charge is -2.04. The van der Waals surface area contributed by atoms with Crippen molar-refractivity contribution in [1.29, 1.82) is 0 Å². The van der Waals surface area contributed by atoms with E-state index in [0.29, 0.717) is 5.39 Å². The minimum atomic E-state index is 0.0580. The summed E-state index contributed by atoms with van der Waals surface area (Å²) in [5.74, 6) is 0. The van der Waals surface area contributed by atoms with Gasteiger partial charge in [-0.2, -0.15) is 0 Å². The molecule has 0 unspecified atom stereocenters. The van der Waals surface area contributed by atoms with E-state index in [-0.39, 0.29) is 5.43 Å². The number of rotatable bonds is 1. The zero-order chi connectivity index (χ0) is 11.0. The molecule has 78 valence electrons. The van der Waals surface area contributed by atoms with Gasteiger partial charge in [-0.25, -0.2) is 0 Å². The van der Waals surface area contributed by atoms with E-state index in [2.05, 4.69) is 36.8 Å². The number of benzene rings is 1. The summed E-state index contributed by atoms with van der Waals surface area (Å²) in [7, 11) is 0. The van der Waals surface area contributed by atoms with E-state index in [1.165, 1.54) is 0 Å². The number of nitrogens with one attached hydrogen (secondary N) is 1. The van der Waals surface area contributed by atoms with Crippen LogP contribution in [-0.4, -0.2) is 4.98 Å². The number of pyridine rings is 1. The van der Waals surface area contributed by atoms with Gasteiger partial charge in [-0.3, -0.25) is 4.79 Å². The lowest BCUT2D eigenvalue weighted by molar-refractivity contribution is 1.05. The summed E-state index contributed by atoms with van der Waals surface area (Å²) in [6.45, 7) is 2.02. The molecule has 0 saturated carbocycles. The molecule has 1 aromatic heterocycles. The highest BCUT2D eigenvalue weighted by molar-refractivity contribution is 9.11. The molecule has 4 heteroatoms. The molecule has 1 N–H and O–H groups in total. The van der Waals surface area contributed by atoms with E-state index in [1.54, 1.807) is 6.07 Å². The van der Waals surface area contributed by atoms with E-state index in [1.807, 2.05) is 19.1 Å². The van der Waals surface area contributed by atoms with Gasteiger partial charge in [0.15, 0.2) is 5.43 Å². The number of halogens is 2. The van der Waals surface area contributed by atoms with Crippen molar-refractivity contribution in [3.05, 3.63) is 43.1 Å². The van der Waals surface area contributed by atoms with Crippen LogP contribution in [0.5, 0.6) is 0 Å². The summed E-state index contributed by atoms with van der Waals surface area (Å²) in [5.41, 5.74) is 1.88. The second-order valence-corrected chi connectivity index (χ2v) is 5.09. The van der Waals surface area contributed by atoms with Crippen molar-refractivity contribution in [3.63, 3.8) is 0 Å². The topological polar surface area (TPSA) is 32.9 Å². The van der Waals surface area contributed by atoms with Crippen LogP contribution in [0.1, 0.15) is 12.6 Å². The molecule has 0 amide bonds. The fourth-order valence-electron chi connectivity index (χ4n) is 1.52. The van der Waals surface area contributed by atoms with Crippen LogP contribution < -0.4 is 5.43 Å². The first kappa shape index (κ1) is 10.9. The molecule has 0 bridgehead atoms. The molecule has 0 radical (unpaired) electrons. The first-order chi connectivity index (χ1) is 7.11. The van der Waals surface area contributed by atoms with Gasteiger partial charge in [0.1, 0.15) is 0 Å². The maximum atomic E-state index is 11.8. The van der Waals surface area contributed by atoms with Gasteiger partial charge in [-0.05, 0) is 34.5 Å². The normalized spacial score (nSPS) is 10.9. The molecular weight excluding hydrogens is 322 g/mol. The quantitative estimate of drug-likeness (QED) is 0.851. The van der Waals surface area contributed by atoms with Gasteiger partial charge < -0.3 is 4.98 Å². The van der Waals surface area contributed by atoms with Crippen molar-refractivity contribution < 1.29 is 0 Å². The van der Waals surface area contributed by atoms with Crippen LogP contribution in [0.3, 0.4) is 0 Å². The first-order valence-corrected chi connectivity index (χ1v) is 6.21. The highest BCUT2D eigenvalue weighted by Gasteiger charge is 2.05. The summed E-state index contributed by atoms with van der Waals surface area (Å²) in [5, 5.41) is 0.702. The third-order valence-electron chi connectivity index (χ3n) is 2.29. The number of aryl methyl sites for hydroxylation is 1. The van der Waals surface area contributed by atoms with Crippen molar-refractivity contribution in [3.8, 4) is 0 Å². The Bertz CT molecular complexity index is 575. The number of hydrogen-bond acceptors (Lipinski definition) is 1. The molecule has 0 aliphatic heterocycles. The number of fused-ring (bicyclic) bond motifs is 1. The van der Waals surface area contributed by atoms with Crippen LogP contribution in [-0.2, 0) is 6.42 Å². The third kappa shape index (κ3) is 2.01. The molecular formula is C11H9Br2NO. The van der Waals surface area contributed by atoms with E-state index in [4.69, 9.17) is 0 Å². The van der Waals surface area contributed by atoms with Crippen LogP contribution in [0.4, 0.5) is 0 Å². The molecule has 0 fully saturated rings. The summed E-state index contributed by atoms with van der Waals surface area (Å²) >= 11 is 6.82. The molecule has 0 spiro atoms. The van der Waals surface area contributed by atoms with Crippen molar-refractivity contribution >= 4 is 42.8 Å². The molecule has 2 aromatic rings. The number of aromatic nitrogens is 1. The van der Waals surface area contributed by atoms with Gasteiger partial charge in [-0.1, -0.05) is 22.9 Å². The second kappa shape index (κ2) is 4.10. The molecule has 0 aliphatic carbocycles. The number of H-pyrrole nitrogens is 1. The smallest absolute Gasteiger partial charge is 0.189 e. The summed E-state index contributed by atoms with van der Waals surface area (Å²) < 4.78 is 1.80. The predicted octanol–water partition coefficient (Wildman–Crippen LogP) is 3.62. The highest BCUT2D eigenvalue weighted by Crippen LogP contribution is 2.25. The monoisotopic (exact) mass is 329 g/mol. The van der Waals surface area contributed by atoms with Crippen LogP contribution in [0, 0.1) is 0 Å². The highest BCUT2D eigenvalue weighted by atomic mass is 79.9. The molecule has 15 heavy (non-hydrogen) atoms. The number of aromatic amines is 1. The van der Waals surface area contributed by atoms with Crippen molar-refractivity contribution in [1.82, 2.24) is 4.98 Å². The minimum absolute atomic E-state index is 0.0580. The molecule has 0 saturated heterocycles.